The second-order valence-electron chi connectivity index (χ2n) is 1.73. The van der Waals surface area contributed by atoms with E-state index in [2.05, 4.69) is 4.98 Å². The van der Waals surface area contributed by atoms with Crippen LogP contribution in [-0.4, -0.2) is 16.2 Å². The Hall–Kier alpha value is -1.78. The molecule has 0 aliphatic heterocycles. The van der Waals surface area contributed by atoms with E-state index >= 15 is 0 Å². The third kappa shape index (κ3) is 1.37. The molecule has 1 aromatic rings. The fourth-order valence-electron chi connectivity index (χ4n) is 0.622. The molecule has 5 nitrogen and oxygen atoms in total. The first-order chi connectivity index (χ1) is 5.25. The van der Waals surface area contributed by atoms with Crippen LogP contribution < -0.4 is 0 Å². The lowest BCUT2D eigenvalue weighted by atomic mass is 10.3. The quantitative estimate of drug-likeness (QED) is 0.454. The van der Waals surface area contributed by atoms with Gasteiger partial charge >= 0.3 is 5.82 Å². The molecule has 0 saturated carbocycles. The lowest BCUT2D eigenvalue weighted by Gasteiger charge is -1.91. The number of carbonyl (C=O) groups excluding carboxylic acids is 1. The van der Waals surface area contributed by atoms with E-state index in [1.165, 1.54) is 24.6 Å². The Kier molecular flexibility index (Phi) is 1.91. The molecule has 1 heterocycles. The van der Waals surface area contributed by atoms with Crippen LogP contribution in [0.1, 0.15) is 5.56 Å². The van der Waals surface area contributed by atoms with Gasteiger partial charge in [0.05, 0.1) is 0 Å². The SMILES string of the molecule is O=[C]c1cccnc1[N+](=O)[O-]. The van der Waals surface area contributed by atoms with E-state index in [1.54, 1.807) is 0 Å². The largest absolute Gasteiger partial charge is 0.374 e. The van der Waals surface area contributed by atoms with Crippen molar-refractivity contribution in [1.82, 2.24) is 4.98 Å². The predicted octanol–water partition coefficient (Wildman–Crippen LogP) is 0.448. The maximum absolute atomic E-state index is 10.1. The predicted molar refractivity (Wildman–Crippen MR) is 35.7 cm³/mol. The highest BCUT2D eigenvalue weighted by Crippen LogP contribution is 2.10. The molecule has 5 heteroatoms. The van der Waals surface area contributed by atoms with Gasteiger partial charge in [0.2, 0.25) is 6.29 Å². The summed E-state index contributed by atoms with van der Waals surface area (Å²) >= 11 is 0. The Morgan fingerprint density at radius 1 is 1.64 bits per heavy atom. The van der Waals surface area contributed by atoms with Crippen molar-refractivity contribution in [3.8, 4) is 0 Å². The minimum atomic E-state index is -0.722. The topological polar surface area (TPSA) is 73.1 Å². The molecule has 0 saturated heterocycles. The molecule has 0 aromatic carbocycles. The summed E-state index contributed by atoms with van der Waals surface area (Å²) in [6, 6.07) is 2.73. The number of rotatable bonds is 2. The maximum atomic E-state index is 10.1. The van der Waals surface area contributed by atoms with Gasteiger partial charge < -0.3 is 10.1 Å². The lowest BCUT2D eigenvalue weighted by molar-refractivity contribution is -0.389. The molecule has 1 aromatic heterocycles. The molecule has 11 heavy (non-hydrogen) atoms. The van der Waals surface area contributed by atoms with Crippen LogP contribution in [0.3, 0.4) is 0 Å². The van der Waals surface area contributed by atoms with Crippen LogP contribution in [0.4, 0.5) is 5.82 Å². The van der Waals surface area contributed by atoms with Gasteiger partial charge in [-0.2, -0.15) is 0 Å². The van der Waals surface area contributed by atoms with E-state index in [9.17, 15) is 14.9 Å². The zero-order valence-corrected chi connectivity index (χ0v) is 5.35. The first-order valence-electron chi connectivity index (χ1n) is 2.73. The van der Waals surface area contributed by atoms with Crippen molar-refractivity contribution in [2.75, 3.05) is 0 Å². The van der Waals surface area contributed by atoms with Crippen molar-refractivity contribution in [3.05, 3.63) is 34.0 Å². The van der Waals surface area contributed by atoms with Gasteiger partial charge in [-0.3, -0.25) is 4.79 Å². The average molecular weight is 151 g/mol. The molecule has 0 amide bonds. The number of hydrogen-bond donors (Lipinski definition) is 0. The molecule has 1 rings (SSSR count). The summed E-state index contributed by atoms with van der Waals surface area (Å²) in [4.78, 5) is 22.9. The molecule has 0 aliphatic rings. The van der Waals surface area contributed by atoms with Gasteiger partial charge in [0.1, 0.15) is 11.8 Å². The number of nitrogens with zero attached hydrogens (tertiary/aromatic N) is 2. The smallest absolute Gasteiger partial charge is 0.358 e. The van der Waals surface area contributed by atoms with E-state index in [-0.39, 0.29) is 5.56 Å². The molecule has 0 bridgehead atoms. The molecular weight excluding hydrogens is 148 g/mol. The third-order valence-electron chi connectivity index (χ3n) is 1.07. The second-order valence-corrected chi connectivity index (χ2v) is 1.73. The second kappa shape index (κ2) is 2.87. The zero-order chi connectivity index (χ0) is 8.27. The number of hydrogen-bond acceptors (Lipinski definition) is 4. The molecule has 0 aliphatic carbocycles. The Labute approximate surface area is 61.8 Å². The summed E-state index contributed by atoms with van der Waals surface area (Å²) in [5.74, 6) is -0.456. The third-order valence-corrected chi connectivity index (χ3v) is 1.07. The van der Waals surface area contributed by atoms with Gasteiger partial charge in [0, 0.05) is 0 Å². The van der Waals surface area contributed by atoms with Crippen LogP contribution in [0, 0.1) is 10.1 Å². The van der Waals surface area contributed by atoms with Gasteiger partial charge in [-0.05, 0) is 22.0 Å². The monoisotopic (exact) mass is 151 g/mol. The Morgan fingerprint density at radius 3 is 2.82 bits per heavy atom. The van der Waals surface area contributed by atoms with Crippen LogP contribution in [0.15, 0.2) is 18.3 Å². The van der Waals surface area contributed by atoms with Gasteiger partial charge in [0.15, 0.2) is 0 Å². The van der Waals surface area contributed by atoms with Gasteiger partial charge in [-0.25, -0.2) is 0 Å². The number of aromatic nitrogens is 1. The summed E-state index contributed by atoms with van der Waals surface area (Å²) in [6.07, 6.45) is 2.67. The summed E-state index contributed by atoms with van der Waals surface area (Å²) in [6.45, 7) is 0. The van der Waals surface area contributed by atoms with E-state index < -0.39 is 10.7 Å². The Bertz CT molecular complexity index is 298. The molecule has 0 N–H and O–H groups in total. The van der Waals surface area contributed by atoms with Crippen molar-refractivity contribution >= 4 is 12.1 Å². The normalized spacial score (nSPS) is 9.09. The summed E-state index contributed by atoms with van der Waals surface area (Å²) in [5, 5.41) is 10.1. The Morgan fingerprint density at radius 2 is 2.36 bits per heavy atom. The minimum absolute atomic E-state index is 0.127. The van der Waals surface area contributed by atoms with E-state index in [0.29, 0.717) is 0 Å². The van der Waals surface area contributed by atoms with Crippen molar-refractivity contribution in [3.63, 3.8) is 0 Å². The zero-order valence-electron chi connectivity index (χ0n) is 5.35. The highest BCUT2D eigenvalue weighted by atomic mass is 16.6. The molecule has 55 valence electrons. The average Bonchev–Trinajstić information content (AvgIpc) is 2.04. The summed E-state index contributed by atoms with van der Waals surface area (Å²) in [5.41, 5.74) is -0.127. The fraction of sp³-hybridized carbons (Fsp3) is 0. The minimum Gasteiger partial charge on any atom is -0.358 e. The van der Waals surface area contributed by atoms with E-state index in [0.717, 1.165) is 0 Å². The van der Waals surface area contributed by atoms with Crippen molar-refractivity contribution in [2.24, 2.45) is 0 Å². The van der Waals surface area contributed by atoms with Crippen molar-refractivity contribution in [1.29, 1.82) is 0 Å². The lowest BCUT2D eigenvalue weighted by Crippen LogP contribution is -1.96. The first kappa shape index (κ1) is 7.33. The van der Waals surface area contributed by atoms with Gasteiger partial charge in [-0.15, -0.1) is 0 Å². The van der Waals surface area contributed by atoms with Crippen LogP contribution in [0.5, 0.6) is 0 Å². The number of pyridine rings is 1. The number of nitro groups is 1. The van der Waals surface area contributed by atoms with Crippen LogP contribution in [0.25, 0.3) is 0 Å². The van der Waals surface area contributed by atoms with Crippen molar-refractivity contribution in [2.45, 2.75) is 0 Å². The molecule has 0 unspecified atom stereocenters. The molecule has 0 fully saturated rings. The van der Waals surface area contributed by atoms with Crippen LogP contribution in [-0.2, 0) is 4.79 Å². The van der Waals surface area contributed by atoms with Crippen LogP contribution >= 0.6 is 0 Å². The summed E-state index contributed by atoms with van der Waals surface area (Å²) in [7, 11) is 0. The van der Waals surface area contributed by atoms with Gasteiger partial charge in [-0.1, -0.05) is 0 Å². The van der Waals surface area contributed by atoms with Gasteiger partial charge in [0.25, 0.3) is 0 Å². The Balaban J connectivity index is 3.22. The molecule has 1 radical (unpaired) electrons. The van der Waals surface area contributed by atoms with E-state index in [1.807, 2.05) is 0 Å². The maximum Gasteiger partial charge on any atom is 0.374 e. The standard InChI is InChI=1S/C6H3N2O3/c9-4-5-2-1-3-7-6(5)8(10)11/h1-3H. The molecule has 0 atom stereocenters. The highest BCUT2D eigenvalue weighted by Gasteiger charge is 2.12. The molecular formula is C6H3N2O3. The fourth-order valence-corrected chi connectivity index (χ4v) is 0.622. The van der Waals surface area contributed by atoms with E-state index in [4.69, 9.17) is 0 Å². The van der Waals surface area contributed by atoms with Crippen LogP contribution in [0.2, 0.25) is 0 Å². The van der Waals surface area contributed by atoms with Crippen molar-refractivity contribution < 1.29 is 9.72 Å². The first-order valence-corrected chi connectivity index (χ1v) is 2.73. The highest BCUT2D eigenvalue weighted by molar-refractivity contribution is 5.80. The summed E-state index contributed by atoms with van der Waals surface area (Å²) < 4.78 is 0. The molecule has 0 spiro atoms.